The lowest BCUT2D eigenvalue weighted by atomic mass is 9.87. The van der Waals surface area contributed by atoms with Gasteiger partial charge < -0.3 is 4.74 Å². The molecule has 0 unspecified atom stereocenters. The third kappa shape index (κ3) is 4.04. The molecule has 1 nitrogen and oxygen atoms in total. The molecule has 21 heavy (non-hydrogen) atoms. The maximum atomic E-state index is 5.89. The Morgan fingerprint density at radius 3 is 1.38 bits per heavy atom. The molecule has 0 saturated carbocycles. The normalized spacial score (nSPS) is 12.2. The molecule has 0 atom stereocenters. The average molecular weight is 281 g/mol. The molecular weight excluding hydrogens is 256 g/mol. The van der Waals surface area contributed by atoms with Crippen LogP contribution in [-0.4, -0.2) is 0 Å². The summed E-state index contributed by atoms with van der Waals surface area (Å²) in [6, 6.07) is 16.5. The van der Waals surface area contributed by atoms with Crippen molar-refractivity contribution in [2.45, 2.75) is 45.4 Å². The van der Waals surface area contributed by atoms with Crippen molar-refractivity contribution in [2.24, 2.45) is 0 Å². The van der Waals surface area contributed by atoms with E-state index in [1.807, 2.05) is 24.3 Å². The summed E-state index contributed by atoms with van der Waals surface area (Å²) >= 11 is 0. The maximum Gasteiger partial charge on any atom is 0.127 e. The molecule has 1 heteroatoms. The SMILES string of the molecule is [CH2+]C(C)(C)c1ccc(Oc2ccc(C(C)(C)C)cc2)cc1. The van der Waals surface area contributed by atoms with Gasteiger partial charge in [-0.1, -0.05) is 45.0 Å². The van der Waals surface area contributed by atoms with E-state index in [1.54, 1.807) is 0 Å². The first kappa shape index (κ1) is 15.5. The van der Waals surface area contributed by atoms with Crippen molar-refractivity contribution >= 4 is 0 Å². The number of rotatable bonds is 3. The lowest BCUT2D eigenvalue weighted by molar-refractivity contribution is 0.480. The summed E-state index contributed by atoms with van der Waals surface area (Å²) in [6.07, 6.45) is 0. The van der Waals surface area contributed by atoms with Crippen molar-refractivity contribution in [3.05, 3.63) is 66.6 Å². The molecule has 0 spiro atoms. The van der Waals surface area contributed by atoms with Crippen LogP contribution < -0.4 is 4.74 Å². The summed E-state index contributed by atoms with van der Waals surface area (Å²) in [4.78, 5) is 0. The molecule has 2 aromatic carbocycles. The van der Waals surface area contributed by atoms with Gasteiger partial charge in [0.15, 0.2) is 0 Å². The Morgan fingerprint density at radius 2 is 1.05 bits per heavy atom. The van der Waals surface area contributed by atoms with E-state index in [1.165, 1.54) is 11.1 Å². The van der Waals surface area contributed by atoms with Gasteiger partial charge in [0, 0.05) is 5.56 Å². The molecule has 0 aliphatic carbocycles. The summed E-state index contributed by atoms with van der Waals surface area (Å²) < 4.78 is 5.89. The van der Waals surface area contributed by atoms with Gasteiger partial charge in [-0.05, 0) is 49.1 Å². The van der Waals surface area contributed by atoms with Crippen molar-refractivity contribution in [2.75, 3.05) is 0 Å². The van der Waals surface area contributed by atoms with Crippen LogP contribution >= 0.6 is 0 Å². The Morgan fingerprint density at radius 1 is 0.667 bits per heavy atom. The number of ether oxygens (including phenoxy) is 1. The molecule has 0 aliphatic heterocycles. The summed E-state index contributed by atoms with van der Waals surface area (Å²) in [7, 11) is 0. The standard InChI is InChI=1S/C20H25O/c1-19(2,3)15-7-11-17(12-8-15)21-18-13-9-16(10-14-18)20(4,5)6/h7-14H,1H2,2-6H3/q+1. The van der Waals surface area contributed by atoms with E-state index in [0.29, 0.717) is 0 Å². The number of benzene rings is 2. The molecule has 0 amide bonds. The highest BCUT2D eigenvalue weighted by Gasteiger charge is 2.20. The smallest absolute Gasteiger partial charge is 0.127 e. The first-order valence-electron chi connectivity index (χ1n) is 7.40. The van der Waals surface area contributed by atoms with Gasteiger partial charge in [0.1, 0.15) is 16.9 Å². The zero-order chi connectivity index (χ0) is 15.7. The Kier molecular flexibility index (Phi) is 4.04. The van der Waals surface area contributed by atoms with Crippen LogP contribution in [0, 0.1) is 6.92 Å². The summed E-state index contributed by atoms with van der Waals surface area (Å²) in [5.74, 6) is 1.72. The lowest BCUT2D eigenvalue weighted by Crippen LogP contribution is -2.11. The molecule has 110 valence electrons. The molecule has 0 aromatic heterocycles. The largest absolute Gasteiger partial charge is 0.457 e. The van der Waals surface area contributed by atoms with E-state index >= 15 is 0 Å². The zero-order valence-corrected chi connectivity index (χ0v) is 13.7. The number of hydrogen-bond acceptors (Lipinski definition) is 1. The second kappa shape index (κ2) is 5.48. The molecule has 0 radical (unpaired) electrons. The van der Waals surface area contributed by atoms with Crippen LogP contribution in [-0.2, 0) is 10.8 Å². The number of hydrogen-bond donors (Lipinski definition) is 0. The fraction of sp³-hybridized carbons (Fsp3) is 0.350. The van der Waals surface area contributed by atoms with E-state index in [4.69, 9.17) is 4.74 Å². The minimum absolute atomic E-state index is 0.0765. The van der Waals surface area contributed by atoms with Gasteiger partial charge in [-0.2, -0.15) is 0 Å². The minimum atomic E-state index is -0.0765. The van der Waals surface area contributed by atoms with E-state index < -0.39 is 0 Å². The van der Waals surface area contributed by atoms with Crippen molar-refractivity contribution < 1.29 is 4.74 Å². The van der Waals surface area contributed by atoms with Gasteiger partial charge in [0.25, 0.3) is 0 Å². The van der Waals surface area contributed by atoms with Crippen LogP contribution in [0.5, 0.6) is 11.5 Å². The second-order valence-corrected chi connectivity index (χ2v) is 7.28. The predicted molar refractivity (Wildman–Crippen MR) is 90.0 cm³/mol. The van der Waals surface area contributed by atoms with Crippen molar-refractivity contribution in [1.29, 1.82) is 0 Å². The van der Waals surface area contributed by atoms with Crippen LogP contribution in [0.25, 0.3) is 0 Å². The van der Waals surface area contributed by atoms with E-state index in [2.05, 4.69) is 65.8 Å². The molecule has 2 aromatic rings. The molecule has 0 saturated heterocycles. The Hall–Kier alpha value is -1.89. The topological polar surface area (TPSA) is 9.23 Å². The Labute approximate surface area is 129 Å². The minimum Gasteiger partial charge on any atom is -0.457 e. The fourth-order valence-electron chi connectivity index (χ4n) is 2.13. The maximum absolute atomic E-state index is 5.89. The van der Waals surface area contributed by atoms with E-state index in [0.717, 1.165) is 11.5 Å². The van der Waals surface area contributed by atoms with Gasteiger partial charge in [0.2, 0.25) is 0 Å². The van der Waals surface area contributed by atoms with Crippen molar-refractivity contribution in [1.82, 2.24) is 0 Å². The molecule has 0 bridgehead atoms. The van der Waals surface area contributed by atoms with Crippen molar-refractivity contribution in [3.63, 3.8) is 0 Å². The fourth-order valence-corrected chi connectivity index (χ4v) is 2.13. The third-order valence-electron chi connectivity index (χ3n) is 3.59. The summed E-state index contributed by atoms with van der Waals surface area (Å²) in [5.41, 5.74) is 2.61. The lowest BCUT2D eigenvalue weighted by Gasteiger charge is -2.19. The molecule has 2 rings (SSSR count). The quantitative estimate of drug-likeness (QED) is 0.637. The zero-order valence-electron chi connectivity index (χ0n) is 13.7. The summed E-state index contributed by atoms with van der Waals surface area (Å²) in [6.45, 7) is 15.0. The van der Waals surface area contributed by atoms with Crippen LogP contribution in [0.2, 0.25) is 0 Å². The predicted octanol–water partition coefficient (Wildman–Crippen LogP) is 5.89. The van der Waals surface area contributed by atoms with E-state index in [-0.39, 0.29) is 10.8 Å². The highest BCUT2D eigenvalue weighted by atomic mass is 16.5. The van der Waals surface area contributed by atoms with Gasteiger partial charge >= 0.3 is 0 Å². The van der Waals surface area contributed by atoms with Crippen LogP contribution in [0.1, 0.15) is 45.7 Å². The highest BCUT2D eigenvalue weighted by Crippen LogP contribution is 2.28. The second-order valence-electron chi connectivity index (χ2n) is 7.28. The monoisotopic (exact) mass is 281 g/mol. The van der Waals surface area contributed by atoms with Gasteiger partial charge in [0.05, 0.1) is 6.92 Å². The first-order chi connectivity index (χ1) is 9.66. The van der Waals surface area contributed by atoms with Crippen LogP contribution in [0.3, 0.4) is 0 Å². The molecule has 0 fully saturated rings. The van der Waals surface area contributed by atoms with Crippen LogP contribution in [0.15, 0.2) is 48.5 Å². The van der Waals surface area contributed by atoms with Gasteiger partial charge in [-0.15, -0.1) is 0 Å². The molecule has 0 N–H and O–H groups in total. The van der Waals surface area contributed by atoms with E-state index in [9.17, 15) is 0 Å². The average Bonchev–Trinajstić information content (AvgIpc) is 2.38. The third-order valence-corrected chi connectivity index (χ3v) is 3.59. The molecule has 0 aliphatic rings. The summed E-state index contributed by atoms with van der Waals surface area (Å²) in [5, 5.41) is 0. The van der Waals surface area contributed by atoms with Crippen LogP contribution in [0.4, 0.5) is 0 Å². The first-order valence-corrected chi connectivity index (χ1v) is 7.40. The van der Waals surface area contributed by atoms with Gasteiger partial charge in [-0.3, -0.25) is 0 Å². The van der Waals surface area contributed by atoms with Crippen molar-refractivity contribution in [3.8, 4) is 11.5 Å². The Bertz CT molecular complexity index is 522. The molecule has 0 heterocycles. The molecular formula is C20H25O+. The van der Waals surface area contributed by atoms with Gasteiger partial charge in [-0.25, -0.2) is 0 Å². The Balaban J connectivity index is 2.12. The highest BCUT2D eigenvalue weighted by molar-refractivity contribution is 5.37.